The number of carbonyl (C=O) groups is 2. The van der Waals surface area contributed by atoms with Crippen molar-refractivity contribution < 1.29 is 22.8 Å². The van der Waals surface area contributed by atoms with Gasteiger partial charge in [-0.1, -0.05) is 0 Å². The molecule has 0 atom stereocenters. The molecule has 154 valence electrons. The minimum absolute atomic E-state index is 0.0209. The number of piperidine rings is 2. The third-order valence-corrected chi connectivity index (χ3v) is 5.97. The number of likely N-dealkylation sites (tertiary alicyclic amines) is 2. The summed E-state index contributed by atoms with van der Waals surface area (Å²) in [5.41, 5.74) is 1.11. The Hall–Kier alpha value is -2.12. The highest BCUT2D eigenvalue weighted by atomic mass is 19.4. The van der Waals surface area contributed by atoms with Gasteiger partial charge in [-0.15, -0.1) is 0 Å². The molecule has 8 heteroatoms. The molecule has 0 bridgehead atoms. The quantitative estimate of drug-likeness (QED) is 0.767. The molecule has 0 aliphatic carbocycles. The highest BCUT2D eigenvalue weighted by Gasteiger charge is 2.41. The number of halogens is 3. The van der Waals surface area contributed by atoms with E-state index in [9.17, 15) is 22.8 Å². The molecule has 0 unspecified atom stereocenters. The molecule has 3 heterocycles. The highest BCUT2D eigenvalue weighted by Crippen LogP contribution is 2.40. The normalized spacial score (nSPS) is 19.9. The molecule has 1 aromatic rings. The molecular weight excluding hydrogens is 371 g/mol. The Kier molecular flexibility index (Phi) is 6.25. The maximum Gasteiger partial charge on any atom is 0.389 e. The molecule has 28 heavy (non-hydrogen) atoms. The summed E-state index contributed by atoms with van der Waals surface area (Å²) in [6.45, 7) is 2.27. The van der Waals surface area contributed by atoms with Gasteiger partial charge < -0.3 is 9.80 Å². The van der Waals surface area contributed by atoms with Gasteiger partial charge in [0.15, 0.2) is 0 Å². The monoisotopic (exact) mass is 397 g/mol. The number of hydrogen-bond donors (Lipinski definition) is 0. The molecule has 2 fully saturated rings. The Morgan fingerprint density at radius 1 is 1.14 bits per heavy atom. The molecule has 3 rings (SSSR count). The number of pyridine rings is 1. The summed E-state index contributed by atoms with van der Waals surface area (Å²) in [5.74, 6) is -0.267. The first kappa shape index (κ1) is 20.6. The van der Waals surface area contributed by atoms with E-state index in [1.165, 1.54) is 0 Å². The summed E-state index contributed by atoms with van der Waals surface area (Å²) < 4.78 is 37.0. The fourth-order valence-electron chi connectivity index (χ4n) is 4.16. The SMILES string of the molecule is O=C(CCC(F)(F)F)N1CCC2(CCC(=O)N(CCc3ccncc3)C2)CC1. The van der Waals surface area contributed by atoms with Gasteiger partial charge in [0.1, 0.15) is 0 Å². The van der Waals surface area contributed by atoms with Crippen LogP contribution >= 0.6 is 0 Å². The van der Waals surface area contributed by atoms with E-state index in [0.717, 1.165) is 31.2 Å². The van der Waals surface area contributed by atoms with Gasteiger partial charge in [0.05, 0.1) is 6.42 Å². The van der Waals surface area contributed by atoms with Crippen molar-refractivity contribution in [2.24, 2.45) is 5.41 Å². The third-order valence-electron chi connectivity index (χ3n) is 5.97. The largest absolute Gasteiger partial charge is 0.389 e. The van der Waals surface area contributed by atoms with Crippen LogP contribution in [0.15, 0.2) is 24.5 Å². The van der Waals surface area contributed by atoms with Gasteiger partial charge in [0.2, 0.25) is 11.8 Å². The summed E-state index contributed by atoms with van der Waals surface area (Å²) in [4.78, 5) is 31.8. The van der Waals surface area contributed by atoms with Gasteiger partial charge >= 0.3 is 6.18 Å². The number of rotatable bonds is 5. The first-order valence-electron chi connectivity index (χ1n) is 9.78. The van der Waals surface area contributed by atoms with Crippen molar-refractivity contribution in [3.8, 4) is 0 Å². The molecule has 5 nitrogen and oxygen atoms in total. The van der Waals surface area contributed by atoms with Crippen LogP contribution in [0.5, 0.6) is 0 Å². The zero-order valence-electron chi connectivity index (χ0n) is 15.9. The van der Waals surface area contributed by atoms with Gasteiger partial charge in [0.25, 0.3) is 0 Å². The fraction of sp³-hybridized carbons (Fsp3) is 0.650. The lowest BCUT2D eigenvalue weighted by atomic mass is 9.72. The van der Waals surface area contributed by atoms with E-state index in [4.69, 9.17) is 0 Å². The van der Waals surface area contributed by atoms with Crippen LogP contribution in [0.3, 0.4) is 0 Å². The van der Waals surface area contributed by atoms with Crippen molar-refractivity contribution in [1.82, 2.24) is 14.8 Å². The van der Waals surface area contributed by atoms with Crippen molar-refractivity contribution in [2.75, 3.05) is 26.2 Å². The summed E-state index contributed by atoms with van der Waals surface area (Å²) in [5, 5.41) is 0. The summed E-state index contributed by atoms with van der Waals surface area (Å²) >= 11 is 0. The lowest BCUT2D eigenvalue weighted by Crippen LogP contribution is -2.52. The Bertz CT molecular complexity index is 686. The summed E-state index contributed by atoms with van der Waals surface area (Å²) in [7, 11) is 0. The van der Waals surface area contributed by atoms with Crippen LogP contribution in [-0.2, 0) is 16.0 Å². The number of carbonyl (C=O) groups excluding carboxylic acids is 2. The van der Waals surface area contributed by atoms with E-state index < -0.39 is 24.9 Å². The molecule has 1 spiro atoms. The van der Waals surface area contributed by atoms with Crippen LogP contribution in [0, 0.1) is 5.41 Å². The highest BCUT2D eigenvalue weighted by molar-refractivity contribution is 5.77. The lowest BCUT2D eigenvalue weighted by Gasteiger charge is -2.47. The molecule has 2 amide bonds. The lowest BCUT2D eigenvalue weighted by molar-refractivity contribution is -0.151. The van der Waals surface area contributed by atoms with E-state index in [1.54, 1.807) is 17.3 Å². The van der Waals surface area contributed by atoms with E-state index in [-0.39, 0.29) is 11.3 Å². The minimum atomic E-state index is -4.30. The third kappa shape index (κ3) is 5.45. The second-order valence-electron chi connectivity index (χ2n) is 7.92. The number of amides is 2. The Morgan fingerprint density at radius 3 is 2.46 bits per heavy atom. The van der Waals surface area contributed by atoms with Crippen LogP contribution in [0.2, 0.25) is 0 Å². The first-order chi connectivity index (χ1) is 13.3. The number of nitrogens with zero attached hydrogens (tertiary/aromatic N) is 3. The van der Waals surface area contributed by atoms with Gasteiger partial charge in [0, 0.05) is 51.4 Å². The topological polar surface area (TPSA) is 53.5 Å². The molecule has 2 aliphatic rings. The predicted octanol–water partition coefficient (Wildman–Crippen LogP) is 3.20. The molecule has 1 aromatic heterocycles. The average Bonchev–Trinajstić information content (AvgIpc) is 2.68. The number of aromatic nitrogens is 1. The molecule has 2 aliphatic heterocycles. The smallest absolute Gasteiger partial charge is 0.343 e. The summed E-state index contributed by atoms with van der Waals surface area (Å²) in [6, 6.07) is 3.88. The van der Waals surface area contributed by atoms with Crippen molar-refractivity contribution in [3.05, 3.63) is 30.1 Å². The standard InChI is InChI=1S/C20H26F3N3O2/c21-20(22,23)7-2-17(27)25-13-8-19(9-14-25)6-1-18(28)26(15-19)12-5-16-3-10-24-11-4-16/h3-4,10-11H,1-2,5-9,12-15H2. The second kappa shape index (κ2) is 8.49. The minimum Gasteiger partial charge on any atom is -0.343 e. The van der Waals surface area contributed by atoms with Gasteiger partial charge in [-0.05, 0) is 48.8 Å². The second-order valence-corrected chi connectivity index (χ2v) is 7.92. The van der Waals surface area contributed by atoms with Crippen molar-refractivity contribution in [3.63, 3.8) is 0 Å². The van der Waals surface area contributed by atoms with Gasteiger partial charge in [-0.25, -0.2) is 0 Å². The maximum atomic E-state index is 12.3. The molecule has 0 radical (unpaired) electrons. The summed E-state index contributed by atoms with van der Waals surface area (Å²) in [6.07, 6.45) is 1.17. The maximum absolute atomic E-state index is 12.3. The zero-order valence-corrected chi connectivity index (χ0v) is 15.9. The van der Waals surface area contributed by atoms with Crippen LogP contribution < -0.4 is 0 Å². The Morgan fingerprint density at radius 2 is 1.82 bits per heavy atom. The van der Waals surface area contributed by atoms with E-state index >= 15 is 0 Å². The van der Waals surface area contributed by atoms with Crippen molar-refractivity contribution >= 4 is 11.8 Å². The zero-order chi connectivity index (χ0) is 20.2. The van der Waals surface area contributed by atoms with Crippen molar-refractivity contribution in [1.29, 1.82) is 0 Å². The molecule has 0 N–H and O–H groups in total. The Balaban J connectivity index is 1.51. The van der Waals surface area contributed by atoms with E-state index in [2.05, 4.69) is 4.98 Å². The van der Waals surface area contributed by atoms with Crippen LogP contribution in [0.1, 0.15) is 44.1 Å². The van der Waals surface area contributed by atoms with Gasteiger partial charge in [-0.2, -0.15) is 13.2 Å². The van der Waals surface area contributed by atoms with Crippen LogP contribution in [0.25, 0.3) is 0 Å². The number of alkyl halides is 3. The van der Waals surface area contributed by atoms with Crippen molar-refractivity contribution in [2.45, 2.75) is 51.1 Å². The van der Waals surface area contributed by atoms with Crippen LogP contribution in [-0.4, -0.2) is 59.0 Å². The molecular formula is C20H26F3N3O2. The molecule has 0 aromatic carbocycles. The van der Waals surface area contributed by atoms with E-state index in [1.807, 2.05) is 17.0 Å². The molecule has 0 saturated carbocycles. The van der Waals surface area contributed by atoms with E-state index in [0.29, 0.717) is 32.6 Å². The van der Waals surface area contributed by atoms with Crippen LogP contribution in [0.4, 0.5) is 13.2 Å². The fourth-order valence-corrected chi connectivity index (χ4v) is 4.16. The Labute approximate surface area is 162 Å². The molecule has 2 saturated heterocycles. The predicted molar refractivity (Wildman–Crippen MR) is 97.3 cm³/mol. The number of hydrogen-bond acceptors (Lipinski definition) is 3. The van der Waals surface area contributed by atoms with Gasteiger partial charge in [-0.3, -0.25) is 14.6 Å². The first-order valence-corrected chi connectivity index (χ1v) is 9.78. The average molecular weight is 397 g/mol.